The number of nitrogens with one attached hydrogen (secondary N) is 1. The van der Waals surface area contributed by atoms with Gasteiger partial charge in [-0.3, -0.25) is 4.79 Å². The van der Waals surface area contributed by atoms with E-state index in [-0.39, 0.29) is 18.3 Å². The van der Waals surface area contributed by atoms with Gasteiger partial charge in [0.2, 0.25) is 5.88 Å². The van der Waals surface area contributed by atoms with Gasteiger partial charge in [0, 0.05) is 24.6 Å². The first-order valence-electron chi connectivity index (χ1n) is 8.61. The summed E-state index contributed by atoms with van der Waals surface area (Å²) >= 11 is 0. The first-order valence-corrected chi connectivity index (χ1v) is 8.61. The standard InChI is InChI=1S/C20H21N3O4/c1-4-26-20(25)18-9-14-5-7-16(10-17(14)23(18)3)27-19-8-6-15(12-22-19)21-11-13(2)24/h5-10,12,21H,4,11H2,1-3H3. The second kappa shape index (κ2) is 7.90. The molecular formula is C20H21N3O4. The molecule has 0 unspecified atom stereocenters. The molecule has 0 saturated carbocycles. The second-order valence-corrected chi connectivity index (χ2v) is 6.07. The Kier molecular flexibility index (Phi) is 5.40. The van der Waals surface area contributed by atoms with Gasteiger partial charge >= 0.3 is 5.97 Å². The van der Waals surface area contributed by atoms with Crippen LogP contribution in [0.5, 0.6) is 11.6 Å². The molecule has 0 fully saturated rings. The van der Waals surface area contributed by atoms with Crippen LogP contribution in [0.25, 0.3) is 10.9 Å². The number of fused-ring (bicyclic) bond motifs is 1. The van der Waals surface area contributed by atoms with Gasteiger partial charge in [0.05, 0.1) is 30.6 Å². The Morgan fingerprint density at radius 3 is 2.67 bits per heavy atom. The summed E-state index contributed by atoms with van der Waals surface area (Å²) in [7, 11) is 1.81. The second-order valence-electron chi connectivity index (χ2n) is 6.07. The Hall–Kier alpha value is -3.35. The number of carbonyl (C=O) groups is 2. The van der Waals surface area contributed by atoms with Gasteiger partial charge in [0.1, 0.15) is 17.2 Å². The zero-order chi connectivity index (χ0) is 19.4. The fourth-order valence-electron chi connectivity index (χ4n) is 2.67. The fraction of sp³-hybridized carbons (Fsp3) is 0.250. The van der Waals surface area contributed by atoms with E-state index in [4.69, 9.17) is 9.47 Å². The molecule has 0 radical (unpaired) electrons. The number of anilines is 1. The molecule has 0 bridgehead atoms. The van der Waals surface area contributed by atoms with Crippen LogP contribution in [0.2, 0.25) is 0 Å². The molecule has 2 aromatic heterocycles. The molecule has 3 rings (SSSR count). The molecule has 1 N–H and O–H groups in total. The minimum absolute atomic E-state index is 0.0494. The number of hydrogen-bond donors (Lipinski definition) is 1. The van der Waals surface area contributed by atoms with Crippen LogP contribution in [0.4, 0.5) is 5.69 Å². The number of nitrogens with zero attached hydrogens (tertiary/aromatic N) is 2. The van der Waals surface area contributed by atoms with Gasteiger partial charge in [-0.2, -0.15) is 0 Å². The average molecular weight is 367 g/mol. The van der Waals surface area contributed by atoms with Crippen LogP contribution in [0.1, 0.15) is 24.3 Å². The van der Waals surface area contributed by atoms with E-state index in [9.17, 15) is 9.59 Å². The van der Waals surface area contributed by atoms with Gasteiger partial charge in [-0.15, -0.1) is 0 Å². The highest BCUT2D eigenvalue weighted by Crippen LogP contribution is 2.27. The normalized spacial score (nSPS) is 10.6. The van der Waals surface area contributed by atoms with Crippen molar-refractivity contribution >= 4 is 28.3 Å². The minimum Gasteiger partial charge on any atom is -0.461 e. The SMILES string of the molecule is CCOC(=O)c1cc2ccc(Oc3ccc(NCC(C)=O)cn3)cc2n1C. The van der Waals surface area contributed by atoms with Crippen LogP contribution in [0, 0.1) is 0 Å². The van der Waals surface area contributed by atoms with Crippen molar-refractivity contribution in [2.75, 3.05) is 18.5 Å². The number of carbonyl (C=O) groups excluding carboxylic acids is 2. The molecule has 140 valence electrons. The number of ketones is 1. The Bertz CT molecular complexity index is 977. The summed E-state index contributed by atoms with van der Waals surface area (Å²) in [4.78, 5) is 27.3. The zero-order valence-corrected chi connectivity index (χ0v) is 15.5. The largest absolute Gasteiger partial charge is 0.461 e. The van der Waals surface area contributed by atoms with Crippen molar-refractivity contribution in [2.24, 2.45) is 7.05 Å². The van der Waals surface area contributed by atoms with E-state index in [0.717, 1.165) is 16.6 Å². The molecule has 2 heterocycles. The Labute approximate surface area is 156 Å². The highest BCUT2D eigenvalue weighted by molar-refractivity contribution is 5.96. The summed E-state index contributed by atoms with van der Waals surface area (Å²) in [5, 5.41) is 3.90. The monoisotopic (exact) mass is 367 g/mol. The highest BCUT2D eigenvalue weighted by Gasteiger charge is 2.15. The van der Waals surface area contributed by atoms with Crippen LogP contribution >= 0.6 is 0 Å². The summed E-state index contributed by atoms with van der Waals surface area (Å²) in [6.45, 7) is 3.89. The van der Waals surface area contributed by atoms with Crippen LogP contribution in [-0.4, -0.2) is 34.5 Å². The number of Topliss-reactive ketones (excluding diaryl/α,β-unsaturated/α-hetero) is 1. The van der Waals surface area contributed by atoms with Crippen molar-refractivity contribution in [1.29, 1.82) is 0 Å². The van der Waals surface area contributed by atoms with Crippen LogP contribution in [-0.2, 0) is 16.6 Å². The lowest BCUT2D eigenvalue weighted by atomic mass is 10.2. The number of pyridine rings is 1. The maximum atomic E-state index is 12.0. The van der Waals surface area contributed by atoms with Gasteiger partial charge in [-0.1, -0.05) is 0 Å². The smallest absolute Gasteiger partial charge is 0.354 e. The van der Waals surface area contributed by atoms with Crippen molar-refractivity contribution in [3.63, 3.8) is 0 Å². The molecule has 27 heavy (non-hydrogen) atoms. The fourth-order valence-corrected chi connectivity index (χ4v) is 2.67. The predicted molar refractivity (Wildman–Crippen MR) is 102 cm³/mol. The topological polar surface area (TPSA) is 82.4 Å². The molecule has 0 aliphatic rings. The maximum Gasteiger partial charge on any atom is 0.354 e. The number of hydrogen-bond acceptors (Lipinski definition) is 6. The summed E-state index contributed by atoms with van der Waals surface area (Å²) in [5.74, 6) is 0.737. The van der Waals surface area contributed by atoms with E-state index in [1.165, 1.54) is 6.92 Å². The molecule has 0 spiro atoms. The maximum absolute atomic E-state index is 12.0. The summed E-state index contributed by atoms with van der Waals surface area (Å²) in [5.41, 5.74) is 2.09. The Morgan fingerprint density at radius 2 is 2.00 bits per heavy atom. The first-order chi connectivity index (χ1) is 13.0. The molecule has 3 aromatic rings. The number of benzene rings is 1. The number of esters is 1. The van der Waals surface area contributed by atoms with Crippen molar-refractivity contribution in [3.8, 4) is 11.6 Å². The predicted octanol–water partition coefficient (Wildman–Crippen LogP) is 3.54. The summed E-state index contributed by atoms with van der Waals surface area (Å²) < 4.78 is 12.7. The van der Waals surface area contributed by atoms with Crippen LogP contribution in [0.3, 0.4) is 0 Å². The summed E-state index contributed by atoms with van der Waals surface area (Å²) in [6, 6.07) is 10.9. The molecule has 0 atom stereocenters. The highest BCUT2D eigenvalue weighted by atomic mass is 16.5. The molecule has 0 amide bonds. The lowest BCUT2D eigenvalue weighted by Crippen LogP contribution is -2.09. The molecule has 7 heteroatoms. The minimum atomic E-state index is -0.353. The number of aryl methyl sites for hydroxylation is 1. The van der Waals surface area contributed by atoms with Gasteiger partial charge in [0.15, 0.2) is 0 Å². The third kappa shape index (κ3) is 4.25. The van der Waals surface area contributed by atoms with Crippen LogP contribution < -0.4 is 10.1 Å². The van der Waals surface area contributed by atoms with Crippen molar-refractivity contribution < 1.29 is 19.1 Å². The lowest BCUT2D eigenvalue weighted by molar-refractivity contribution is -0.115. The molecule has 0 saturated heterocycles. The van der Waals surface area contributed by atoms with E-state index in [1.54, 1.807) is 35.9 Å². The van der Waals surface area contributed by atoms with E-state index < -0.39 is 0 Å². The van der Waals surface area contributed by atoms with E-state index in [0.29, 0.717) is 23.9 Å². The van der Waals surface area contributed by atoms with Crippen molar-refractivity contribution in [1.82, 2.24) is 9.55 Å². The average Bonchev–Trinajstić information content (AvgIpc) is 2.98. The van der Waals surface area contributed by atoms with E-state index in [2.05, 4.69) is 10.3 Å². The van der Waals surface area contributed by atoms with Gasteiger partial charge in [-0.05, 0) is 38.1 Å². The molecule has 0 aliphatic carbocycles. The van der Waals surface area contributed by atoms with Gasteiger partial charge < -0.3 is 19.4 Å². The molecule has 7 nitrogen and oxygen atoms in total. The number of aromatic nitrogens is 2. The van der Waals surface area contributed by atoms with Crippen molar-refractivity contribution in [2.45, 2.75) is 13.8 Å². The van der Waals surface area contributed by atoms with Crippen molar-refractivity contribution in [3.05, 3.63) is 48.3 Å². The summed E-state index contributed by atoms with van der Waals surface area (Å²) in [6.07, 6.45) is 1.61. The van der Waals surface area contributed by atoms with Crippen LogP contribution in [0.15, 0.2) is 42.6 Å². The number of rotatable bonds is 7. The van der Waals surface area contributed by atoms with Gasteiger partial charge in [0.25, 0.3) is 0 Å². The Balaban J connectivity index is 1.78. The zero-order valence-electron chi connectivity index (χ0n) is 15.5. The molecule has 0 aliphatic heterocycles. The van der Waals surface area contributed by atoms with E-state index in [1.807, 2.05) is 25.2 Å². The molecular weight excluding hydrogens is 346 g/mol. The third-order valence-corrected chi connectivity index (χ3v) is 4.00. The molecule has 1 aromatic carbocycles. The van der Waals surface area contributed by atoms with E-state index >= 15 is 0 Å². The number of ether oxygens (including phenoxy) is 2. The quantitative estimate of drug-likeness (QED) is 0.643. The first kappa shape index (κ1) is 18.4. The van der Waals surface area contributed by atoms with Gasteiger partial charge in [-0.25, -0.2) is 9.78 Å². The lowest BCUT2D eigenvalue weighted by Gasteiger charge is -2.08. The Morgan fingerprint density at radius 1 is 1.19 bits per heavy atom. The third-order valence-electron chi connectivity index (χ3n) is 4.00.